The Morgan fingerprint density at radius 1 is 1.02 bits per heavy atom. The summed E-state index contributed by atoms with van der Waals surface area (Å²) in [5.74, 6) is 1.08. The lowest BCUT2D eigenvalue weighted by Gasteiger charge is -2.38. The maximum Gasteiger partial charge on any atom is 0.573 e. The summed E-state index contributed by atoms with van der Waals surface area (Å²) in [5, 5.41) is 0. The number of carbonyl (C=O) groups excluding carboxylic acids is 1. The smallest absolute Gasteiger partial charge is 0.497 e. The number of benzene rings is 3. The molecule has 0 saturated carbocycles. The first kappa shape index (κ1) is 28.9. The van der Waals surface area contributed by atoms with Gasteiger partial charge in [-0.3, -0.25) is 9.52 Å². The van der Waals surface area contributed by atoms with E-state index in [1.54, 1.807) is 31.4 Å². The number of anilines is 1. The predicted octanol–water partition coefficient (Wildman–Crippen LogP) is 6.46. The predicted molar refractivity (Wildman–Crippen MR) is 152 cm³/mol. The van der Waals surface area contributed by atoms with Gasteiger partial charge in [-0.1, -0.05) is 18.2 Å². The molecule has 0 bridgehead atoms. The van der Waals surface area contributed by atoms with Crippen molar-refractivity contribution in [3.05, 3.63) is 77.9 Å². The molecule has 1 amide bonds. The molecule has 2 aliphatic rings. The standard InChI is InChI=1S/C30H32F3N3O4S/c1-29(2)19-24(34-41-27-10-5-4-9-26(27)40-30(31,32)33)23-17-20(11-12-25(23)39-29)28(37)36-15-13-35(14-16-36)21-7-6-8-22(18-21)38-3/h4-12,17-18,24,34H,13-16,19H2,1-3H3. The van der Waals surface area contributed by atoms with E-state index < -0.39 is 12.0 Å². The Morgan fingerprint density at radius 3 is 2.51 bits per heavy atom. The molecule has 7 nitrogen and oxygen atoms in total. The van der Waals surface area contributed by atoms with E-state index in [1.807, 2.05) is 49.1 Å². The summed E-state index contributed by atoms with van der Waals surface area (Å²) in [4.78, 5) is 17.9. The second-order valence-electron chi connectivity index (χ2n) is 10.6. The molecule has 0 radical (unpaired) electrons. The number of fused-ring (bicyclic) bond motifs is 1. The first-order valence-corrected chi connectivity index (χ1v) is 14.1. The minimum atomic E-state index is -4.79. The van der Waals surface area contributed by atoms with Crippen molar-refractivity contribution in [3.8, 4) is 17.2 Å². The van der Waals surface area contributed by atoms with E-state index in [1.165, 1.54) is 12.1 Å². The first-order chi connectivity index (χ1) is 19.5. The van der Waals surface area contributed by atoms with Gasteiger partial charge in [-0.25, -0.2) is 0 Å². The molecule has 3 aromatic rings. The van der Waals surface area contributed by atoms with E-state index in [4.69, 9.17) is 9.47 Å². The Kier molecular flexibility index (Phi) is 8.28. The van der Waals surface area contributed by atoms with Crippen molar-refractivity contribution in [2.45, 2.75) is 43.2 Å². The zero-order chi connectivity index (χ0) is 29.2. The number of alkyl halides is 3. The Bertz CT molecular complexity index is 1390. The summed E-state index contributed by atoms with van der Waals surface area (Å²) in [6, 6.07) is 19.0. The van der Waals surface area contributed by atoms with Gasteiger partial charge in [0.2, 0.25) is 0 Å². The van der Waals surface area contributed by atoms with Crippen molar-refractivity contribution in [2.75, 3.05) is 38.2 Å². The number of ether oxygens (including phenoxy) is 3. The fourth-order valence-corrected chi connectivity index (χ4v) is 5.96. The van der Waals surface area contributed by atoms with Crippen molar-refractivity contribution < 1.29 is 32.2 Å². The lowest BCUT2D eigenvalue weighted by molar-refractivity contribution is -0.275. The van der Waals surface area contributed by atoms with Gasteiger partial charge in [-0.05, 0) is 68.3 Å². The van der Waals surface area contributed by atoms with Crippen LogP contribution in [-0.2, 0) is 0 Å². The average Bonchev–Trinajstić information content (AvgIpc) is 2.95. The highest BCUT2D eigenvalue weighted by Crippen LogP contribution is 2.42. The zero-order valence-corrected chi connectivity index (χ0v) is 23.8. The molecule has 1 N–H and O–H groups in total. The molecule has 0 aromatic heterocycles. The van der Waals surface area contributed by atoms with E-state index in [2.05, 4.69) is 14.4 Å². The summed E-state index contributed by atoms with van der Waals surface area (Å²) in [7, 11) is 1.64. The molecular formula is C30H32F3N3O4S. The van der Waals surface area contributed by atoms with Crippen LogP contribution < -0.4 is 23.8 Å². The molecule has 5 rings (SSSR count). The highest BCUT2D eigenvalue weighted by atomic mass is 32.2. The van der Waals surface area contributed by atoms with Crippen LogP contribution in [0.4, 0.5) is 18.9 Å². The van der Waals surface area contributed by atoms with Crippen LogP contribution in [0.1, 0.15) is 42.2 Å². The van der Waals surface area contributed by atoms with Crippen LogP contribution in [0.3, 0.4) is 0 Å². The number of methoxy groups -OCH3 is 1. The van der Waals surface area contributed by atoms with Gasteiger partial charge in [0.15, 0.2) is 0 Å². The van der Waals surface area contributed by atoms with Gasteiger partial charge in [-0.2, -0.15) is 0 Å². The molecule has 1 unspecified atom stereocenters. The van der Waals surface area contributed by atoms with Gasteiger partial charge >= 0.3 is 6.36 Å². The molecule has 11 heteroatoms. The van der Waals surface area contributed by atoms with Gasteiger partial charge in [0.25, 0.3) is 5.91 Å². The molecule has 1 atom stereocenters. The quantitative estimate of drug-likeness (QED) is 0.319. The number of para-hydroxylation sites is 1. The highest BCUT2D eigenvalue weighted by Gasteiger charge is 2.36. The Labute approximate surface area is 241 Å². The monoisotopic (exact) mass is 587 g/mol. The van der Waals surface area contributed by atoms with Crippen LogP contribution >= 0.6 is 11.9 Å². The van der Waals surface area contributed by atoms with Crippen molar-refractivity contribution in [1.82, 2.24) is 9.62 Å². The van der Waals surface area contributed by atoms with Gasteiger partial charge in [-0.15, -0.1) is 13.2 Å². The topological polar surface area (TPSA) is 63.3 Å². The van der Waals surface area contributed by atoms with Gasteiger partial charge in [0.1, 0.15) is 22.8 Å². The number of amides is 1. The number of hydrogen-bond acceptors (Lipinski definition) is 7. The summed E-state index contributed by atoms with van der Waals surface area (Å²) in [6.45, 7) is 6.45. The van der Waals surface area contributed by atoms with Gasteiger partial charge in [0.05, 0.1) is 12.0 Å². The maximum atomic E-state index is 13.5. The third-order valence-corrected chi connectivity index (χ3v) is 8.04. The highest BCUT2D eigenvalue weighted by molar-refractivity contribution is 7.97. The number of rotatable bonds is 7. The second-order valence-corrected chi connectivity index (χ2v) is 11.4. The van der Waals surface area contributed by atoms with Crippen LogP contribution in [-0.4, -0.2) is 56.1 Å². The normalized spacial score (nSPS) is 18.3. The minimum Gasteiger partial charge on any atom is -0.497 e. The molecule has 1 saturated heterocycles. The Balaban J connectivity index is 1.30. The molecule has 41 heavy (non-hydrogen) atoms. The molecular weight excluding hydrogens is 555 g/mol. The van der Waals surface area contributed by atoms with E-state index >= 15 is 0 Å². The lowest BCUT2D eigenvalue weighted by atomic mass is 9.89. The number of halogens is 3. The first-order valence-electron chi connectivity index (χ1n) is 13.3. The van der Waals surface area contributed by atoms with Crippen LogP contribution in [0.5, 0.6) is 17.2 Å². The summed E-state index contributed by atoms with van der Waals surface area (Å²) < 4.78 is 57.8. The van der Waals surface area contributed by atoms with Crippen LogP contribution in [0.15, 0.2) is 71.6 Å². The van der Waals surface area contributed by atoms with E-state index in [9.17, 15) is 18.0 Å². The van der Waals surface area contributed by atoms with Crippen molar-refractivity contribution in [3.63, 3.8) is 0 Å². The number of hydrogen-bond donors (Lipinski definition) is 1. The lowest BCUT2D eigenvalue weighted by Crippen LogP contribution is -2.48. The molecule has 0 aliphatic carbocycles. The molecule has 1 fully saturated rings. The third-order valence-electron chi connectivity index (χ3n) is 7.09. The van der Waals surface area contributed by atoms with Crippen LogP contribution in [0, 0.1) is 0 Å². The molecule has 2 heterocycles. The number of piperazine rings is 1. The largest absolute Gasteiger partial charge is 0.573 e. The fourth-order valence-electron chi connectivity index (χ4n) is 5.13. The molecule has 0 spiro atoms. The molecule has 2 aliphatic heterocycles. The number of nitrogens with zero attached hydrogens (tertiary/aromatic N) is 2. The molecule has 3 aromatic carbocycles. The SMILES string of the molecule is COc1cccc(N2CCN(C(=O)c3ccc4c(c3)C(NSc3ccccc3OC(F)(F)F)CC(C)(C)O4)CC2)c1. The van der Waals surface area contributed by atoms with E-state index in [0.717, 1.165) is 28.9 Å². The van der Waals surface area contributed by atoms with E-state index in [0.29, 0.717) is 48.8 Å². The zero-order valence-electron chi connectivity index (χ0n) is 23.0. The Morgan fingerprint density at radius 2 is 1.78 bits per heavy atom. The van der Waals surface area contributed by atoms with E-state index in [-0.39, 0.29) is 17.7 Å². The van der Waals surface area contributed by atoms with Gasteiger partial charge < -0.3 is 24.0 Å². The average molecular weight is 588 g/mol. The summed E-state index contributed by atoms with van der Waals surface area (Å²) >= 11 is 1.06. The fraction of sp³-hybridized carbons (Fsp3) is 0.367. The van der Waals surface area contributed by atoms with Gasteiger partial charge in [0, 0.05) is 61.5 Å². The minimum absolute atomic E-state index is 0.0711. The summed E-state index contributed by atoms with van der Waals surface area (Å²) in [6.07, 6.45) is -4.25. The second kappa shape index (κ2) is 11.7. The van der Waals surface area contributed by atoms with Crippen molar-refractivity contribution in [1.29, 1.82) is 0 Å². The van der Waals surface area contributed by atoms with Crippen LogP contribution in [0.2, 0.25) is 0 Å². The van der Waals surface area contributed by atoms with Crippen molar-refractivity contribution >= 4 is 23.5 Å². The Hall–Kier alpha value is -3.57. The number of carbonyl (C=O) groups is 1. The van der Waals surface area contributed by atoms with Crippen LogP contribution in [0.25, 0.3) is 0 Å². The maximum absolute atomic E-state index is 13.5. The summed E-state index contributed by atoms with van der Waals surface area (Å²) in [5.41, 5.74) is 1.86. The van der Waals surface area contributed by atoms with Crippen molar-refractivity contribution in [2.24, 2.45) is 0 Å². The number of nitrogens with one attached hydrogen (secondary N) is 1. The third kappa shape index (κ3) is 7.02. The molecule has 218 valence electrons.